The van der Waals surface area contributed by atoms with Crippen LogP contribution in [0.25, 0.3) is 0 Å². The van der Waals surface area contributed by atoms with Crippen molar-refractivity contribution in [2.45, 2.75) is 27.2 Å². The molecule has 0 spiro atoms. The number of aliphatic hydroxyl groups excluding tert-OH is 1. The van der Waals surface area contributed by atoms with Crippen molar-refractivity contribution in [3.05, 3.63) is 0 Å². The zero-order chi connectivity index (χ0) is 8.15. The Bertz CT molecular complexity index is 104. The summed E-state index contributed by atoms with van der Waals surface area (Å²) < 4.78 is 0. The molecule has 0 rings (SSSR count). The molecule has 60 valence electrons. The van der Waals surface area contributed by atoms with E-state index < -0.39 is 0 Å². The Morgan fingerprint density at radius 3 is 2.10 bits per heavy atom. The number of hydrogen-bond acceptors (Lipinski definition) is 2. The van der Waals surface area contributed by atoms with Gasteiger partial charge in [0.1, 0.15) is 5.78 Å². The molecule has 0 fully saturated rings. The first-order chi connectivity index (χ1) is 4.63. The third kappa shape index (κ3) is 2.48. The lowest BCUT2D eigenvalue weighted by atomic mass is 9.94. The number of carbonyl (C=O) groups is 1. The first-order valence-electron chi connectivity index (χ1n) is 3.78. The van der Waals surface area contributed by atoms with Crippen molar-refractivity contribution in [1.29, 1.82) is 0 Å². The Morgan fingerprint density at radius 2 is 2.00 bits per heavy atom. The van der Waals surface area contributed by atoms with Crippen molar-refractivity contribution in [3.8, 4) is 0 Å². The van der Waals surface area contributed by atoms with Gasteiger partial charge in [0.25, 0.3) is 0 Å². The Hall–Kier alpha value is -0.370. The van der Waals surface area contributed by atoms with E-state index in [9.17, 15) is 4.79 Å². The molecule has 2 nitrogen and oxygen atoms in total. The maximum Gasteiger partial charge on any atom is 0.140 e. The summed E-state index contributed by atoms with van der Waals surface area (Å²) in [4.78, 5) is 11.1. The third-order valence-electron chi connectivity index (χ3n) is 1.68. The fraction of sp³-hybridized carbons (Fsp3) is 0.875. The SMILES string of the molecule is CCC(CO)C(=O)C(C)C. The molecule has 0 aliphatic carbocycles. The van der Waals surface area contributed by atoms with E-state index in [1.807, 2.05) is 20.8 Å². The summed E-state index contributed by atoms with van der Waals surface area (Å²) in [5.41, 5.74) is 0. The lowest BCUT2D eigenvalue weighted by Gasteiger charge is -2.11. The van der Waals surface area contributed by atoms with E-state index in [1.165, 1.54) is 0 Å². The number of aliphatic hydroxyl groups is 1. The normalized spacial score (nSPS) is 13.7. The summed E-state index contributed by atoms with van der Waals surface area (Å²) in [7, 11) is 0. The predicted octanol–water partition coefficient (Wildman–Crippen LogP) is 1.23. The lowest BCUT2D eigenvalue weighted by Crippen LogP contribution is -2.22. The minimum absolute atomic E-state index is 0.00644. The van der Waals surface area contributed by atoms with Gasteiger partial charge >= 0.3 is 0 Å². The molecule has 0 aliphatic rings. The largest absolute Gasteiger partial charge is 0.396 e. The summed E-state index contributed by atoms with van der Waals surface area (Å²) in [6.45, 7) is 5.63. The molecular formula is C8H16O2. The molecule has 0 aromatic rings. The van der Waals surface area contributed by atoms with Crippen molar-refractivity contribution in [2.75, 3.05) is 6.61 Å². The topological polar surface area (TPSA) is 37.3 Å². The van der Waals surface area contributed by atoms with Gasteiger partial charge in [0, 0.05) is 11.8 Å². The smallest absolute Gasteiger partial charge is 0.140 e. The molecule has 0 saturated carbocycles. The first kappa shape index (κ1) is 9.63. The standard InChI is InChI=1S/C8H16O2/c1-4-7(5-9)8(10)6(2)3/h6-7,9H,4-5H2,1-3H3. The zero-order valence-electron chi connectivity index (χ0n) is 6.92. The van der Waals surface area contributed by atoms with E-state index in [-0.39, 0.29) is 24.2 Å². The Labute approximate surface area is 62.2 Å². The molecule has 1 N–H and O–H groups in total. The van der Waals surface area contributed by atoms with Gasteiger partial charge in [-0.25, -0.2) is 0 Å². The minimum atomic E-state index is -0.139. The highest BCUT2D eigenvalue weighted by Gasteiger charge is 2.17. The van der Waals surface area contributed by atoms with Gasteiger partial charge in [0.05, 0.1) is 6.61 Å². The minimum Gasteiger partial charge on any atom is -0.396 e. The van der Waals surface area contributed by atoms with Crippen LogP contribution in [0.1, 0.15) is 27.2 Å². The van der Waals surface area contributed by atoms with Crippen LogP contribution in [0.15, 0.2) is 0 Å². The molecule has 0 saturated heterocycles. The summed E-state index contributed by atoms with van der Waals surface area (Å²) >= 11 is 0. The maximum atomic E-state index is 11.1. The highest BCUT2D eigenvalue weighted by molar-refractivity contribution is 5.82. The van der Waals surface area contributed by atoms with Crippen LogP contribution in [0.2, 0.25) is 0 Å². The second kappa shape index (κ2) is 4.45. The number of hydrogen-bond donors (Lipinski definition) is 1. The molecule has 0 aromatic heterocycles. The van der Waals surface area contributed by atoms with Gasteiger partial charge in [-0.05, 0) is 6.42 Å². The van der Waals surface area contributed by atoms with Crippen LogP contribution < -0.4 is 0 Å². The van der Waals surface area contributed by atoms with Gasteiger partial charge in [-0.2, -0.15) is 0 Å². The van der Waals surface area contributed by atoms with Gasteiger partial charge < -0.3 is 5.11 Å². The second-order valence-electron chi connectivity index (χ2n) is 2.84. The highest BCUT2D eigenvalue weighted by Crippen LogP contribution is 2.09. The van der Waals surface area contributed by atoms with Gasteiger partial charge in [0.2, 0.25) is 0 Å². The number of Topliss-reactive ketones (excluding diaryl/α,β-unsaturated/α-hetero) is 1. The average Bonchev–Trinajstić information content (AvgIpc) is 1.90. The molecule has 0 aromatic carbocycles. The molecule has 1 unspecified atom stereocenters. The van der Waals surface area contributed by atoms with Gasteiger partial charge in [-0.1, -0.05) is 20.8 Å². The third-order valence-corrected chi connectivity index (χ3v) is 1.68. The van der Waals surface area contributed by atoms with E-state index in [2.05, 4.69) is 0 Å². The van der Waals surface area contributed by atoms with E-state index in [1.54, 1.807) is 0 Å². The van der Waals surface area contributed by atoms with E-state index in [0.29, 0.717) is 0 Å². The van der Waals surface area contributed by atoms with Crippen LogP contribution in [0.4, 0.5) is 0 Å². The predicted molar refractivity (Wildman–Crippen MR) is 40.7 cm³/mol. The fourth-order valence-corrected chi connectivity index (χ4v) is 0.892. The van der Waals surface area contributed by atoms with Crippen molar-refractivity contribution >= 4 is 5.78 Å². The van der Waals surface area contributed by atoms with E-state index >= 15 is 0 Å². The molecule has 1 atom stereocenters. The van der Waals surface area contributed by atoms with Gasteiger partial charge in [-0.3, -0.25) is 4.79 Å². The van der Waals surface area contributed by atoms with E-state index in [4.69, 9.17) is 5.11 Å². The zero-order valence-corrected chi connectivity index (χ0v) is 6.92. The average molecular weight is 144 g/mol. The fourth-order valence-electron chi connectivity index (χ4n) is 0.892. The van der Waals surface area contributed by atoms with Crippen molar-refractivity contribution in [1.82, 2.24) is 0 Å². The van der Waals surface area contributed by atoms with Crippen molar-refractivity contribution in [2.24, 2.45) is 11.8 Å². The highest BCUT2D eigenvalue weighted by atomic mass is 16.3. The van der Waals surface area contributed by atoms with Crippen LogP contribution in [0, 0.1) is 11.8 Å². The van der Waals surface area contributed by atoms with Gasteiger partial charge in [0.15, 0.2) is 0 Å². The van der Waals surface area contributed by atoms with E-state index in [0.717, 1.165) is 6.42 Å². The Morgan fingerprint density at radius 1 is 1.50 bits per heavy atom. The number of rotatable bonds is 4. The first-order valence-corrected chi connectivity index (χ1v) is 3.78. The molecule has 0 bridgehead atoms. The molecule has 0 radical (unpaired) electrons. The summed E-state index contributed by atoms with van der Waals surface area (Å²) in [6, 6.07) is 0. The molecule has 0 aliphatic heterocycles. The van der Waals surface area contributed by atoms with Crippen molar-refractivity contribution in [3.63, 3.8) is 0 Å². The Kier molecular flexibility index (Phi) is 4.28. The quantitative estimate of drug-likeness (QED) is 0.644. The van der Waals surface area contributed by atoms with Crippen LogP contribution in [0.5, 0.6) is 0 Å². The number of ketones is 1. The molecule has 2 heteroatoms. The molecule has 0 amide bonds. The lowest BCUT2D eigenvalue weighted by molar-refractivity contribution is -0.127. The Balaban J connectivity index is 3.89. The van der Waals surface area contributed by atoms with Crippen LogP contribution in [-0.2, 0) is 4.79 Å². The summed E-state index contributed by atoms with van der Waals surface area (Å²) in [5, 5.41) is 8.72. The molecular weight excluding hydrogens is 128 g/mol. The molecule has 10 heavy (non-hydrogen) atoms. The summed E-state index contributed by atoms with van der Waals surface area (Å²) in [6.07, 6.45) is 0.744. The van der Waals surface area contributed by atoms with Gasteiger partial charge in [-0.15, -0.1) is 0 Å². The van der Waals surface area contributed by atoms with Crippen LogP contribution in [-0.4, -0.2) is 17.5 Å². The molecule has 0 heterocycles. The van der Waals surface area contributed by atoms with Crippen LogP contribution >= 0.6 is 0 Å². The number of carbonyl (C=O) groups excluding carboxylic acids is 1. The van der Waals surface area contributed by atoms with Crippen molar-refractivity contribution < 1.29 is 9.90 Å². The summed E-state index contributed by atoms with van der Waals surface area (Å²) in [5.74, 6) is 0.0853. The van der Waals surface area contributed by atoms with Crippen LogP contribution in [0.3, 0.4) is 0 Å². The second-order valence-corrected chi connectivity index (χ2v) is 2.84. The maximum absolute atomic E-state index is 11.1. The monoisotopic (exact) mass is 144 g/mol.